The van der Waals surface area contributed by atoms with E-state index in [-0.39, 0.29) is 0 Å². The number of carbonyl (C=O) groups is 1. The van der Waals surface area contributed by atoms with Crippen LogP contribution >= 0.6 is 0 Å². The Morgan fingerprint density at radius 3 is 2.73 bits per heavy atom. The molecule has 88 valence electrons. The molecule has 1 N–H and O–H groups in total. The van der Waals surface area contributed by atoms with Crippen LogP contribution in [0.1, 0.15) is 26.2 Å². The maximum Gasteiger partial charge on any atom is 0.303 e. The smallest absolute Gasteiger partial charge is 0.303 e. The molecule has 4 heteroatoms. The van der Waals surface area contributed by atoms with Gasteiger partial charge in [-0.15, -0.1) is 0 Å². The lowest BCUT2D eigenvalue weighted by Gasteiger charge is -2.38. The van der Waals surface area contributed by atoms with Crippen LogP contribution in [0.25, 0.3) is 0 Å². The highest BCUT2D eigenvalue weighted by molar-refractivity contribution is 5.66. The van der Waals surface area contributed by atoms with Crippen LogP contribution in [0.5, 0.6) is 0 Å². The minimum Gasteiger partial charge on any atom is -0.481 e. The molecular weight excluding hydrogens is 192 g/mol. The molecule has 1 heterocycles. The molecule has 15 heavy (non-hydrogen) atoms. The van der Waals surface area contributed by atoms with Crippen molar-refractivity contribution in [2.75, 3.05) is 33.2 Å². The third-order valence-corrected chi connectivity index (χ3v) is 3.05. The molecule has 0 bridgehead atoms. The van der Waals surface area contributed by atoms with Crippen molar-refractivity contribution in [1.29, 1.82) is 0 Å². The zero-order valence-electron chi connectivity index (χ0n) is 9.78. The lowest BCUT2D eigenvalue weighted by atomic mass is 10.1. The van der Waals surface area contributed by atoms with Crippen LogP contribution in [-0.4, -0.2) is 60.1 Å². The fraction of sp³-hybridized carbons (Fsp3) is 0.909. The van der Waals surface area contributed by atoms with Crippen LogP contribution in [0.15, 0.2) is 0 Å². The van der Waals surface area contributed by atoms with E-state index in [1.807, 2.05) is 0 Å². The standard InChI is InChI=1S/C11H22N2O2/c1-10-9-12(2)7-8-13(10)6-4-3-5-11(14)15/h10H,3-9H2,1-2H3,(H,14,15). The summed E-state index contributed by atoms with van der Waals surface area (Å²) in [7, 11) is 2.15. The van der Waals surface area contributed by atoms with E-state index >= 15 is 0 Å². The third-order valence-electron chi connectivity index (χ3n) is 3.05. The summed E-state index contributed by atoms with van der Waals surface area (Å²) in [5.41, 5.74) is 0. The second kappa shape index (κ2) is 6.08. The average molecular weight is 214 g/mol. The van der Waals surface area contributed by atoms with Crippen molar-refractivity contribution in [3.8, 4) is 0 Å². The summed E-state index contributed by atoms with van der Waals surface area (Å²) in [5, 5.41) is 8.52. The molecule has 0 aliphatic carbocycles. The quantitative estimate of drug-likeness (QED) is 0.690. The van der Waals surface area contributed by atoms with Gasteiger partial charge in [0.05, 0.1) is 0 Å². The number of likely N-dealkylation sites (N-methyl/N-ethyl adjacent to an activating group) is 1. The molecule has 1 rings (SSSR count). The minimum atomic E-state index is -0.679. The Morgan fingerprint density at radius 1 is 1.40 bits per heavy atom. The molecule has 0 aromatic carbocycles. The molecule has 1 atom stereocenters. The molecule has 0 amide bonds. The van der Waals surface area contributed by atoms with Gasteiger partial charge in [-0.1, -0.05) is 0 Å². The fourth-order valence-electron chi connectivity index (χ4n) is 2.10. The number of carboxylic acids is 1. The average Bonchev–Trinajstić information content (AvgIpc) is 2.14. The highest BCUT2D eigenvalue weighted by Gasteiger charge is 2.20. The molecule has 0 aromatic heterocycles. The van der Waals surface area contributed by atoms with Crippen molar-refractivity contribution >= 4 is 5.97 Å². The number of aliphatic carboxylic acids is 1. The van der Waals surface area contributed by atoms with Crippen LogP contribution in [0.4, 0.5) is 0 Å². The molecule has 1 unspecified atom stereocenters. The molecule has 0 radical (unpaired) electrons. The number of nitrogens with zero attached hydrogens (tertiary/aromatic N) is 2. The van der Waals surface area contributed by atoms with Gasteiger partial charge in [0, 0.05) is 32.1 Å². The second-order valence-corrected chi connectivity index (χ2v) is 4.50. The van der Waals surface area contributed by atoms with Gasteiger partial charge < -0.3 is 10.0 Å². The zero-order valence-corrected chi connectivity index (χ0v) is 9.78. The third kappa shape index (κ3) is 4.62. The number of rotatable bonds is 5. The molecular formula is C11H22N2O2. The van der Waals surface area contributed by atoms with Crippen molar-refractivity contribution in [3.63, 3.8) is 0 Å². The van der Waals surface area contributed by atoms with Gasteiger partial charge in [-0.2, -0.15) is 0 Å². The Bertz CT molecular complexity index is 209. The summed E-state index contributed by atoms with van der Waals surface area (Å²) in [4.78, 5) is 15.1. The summed E-state index contributed by atoms with van der Waals surface area (Å²) in [6, 6.07) is 0.605. The van der Waals surface area contributed by atoms with Gasteiger partial charge >= 0.3 is 5.97 Å². The summed E-state index contributed by atoms with van der Waals surface area (Å²) >= 11 is 0. The molecule has 4 nitrogen and oxygen atoms in total. The number of unbranched alkanes of at least 4 members (excludes halogenated alkanes) is 1. The predicted molar refractivity (Wildman–Crippen MR) is 60.0 cm³/mol. The SMILES string of the molecule is CC1CN(C)CCN1CCCCC(=O)O. The highest BCUT2D eigenvalue weighted by atomic mass is 16.4. The van der Waals surface area contributed by atoms with Crippen LogP contribution < -0.4 is 0 Å². The van der Waals surface area contributed by atoms with Gasteiger partial charge in [0.2, 0.25) is 0 Å². The van der Waals surface area contributed by atoms with Gasteiger partial charge in [-0.3, -0.25) is 9.69 Å². The summed E-state index contributed by atoms with van der Waals surface area (Å²) in [6.07, 6.45) is 2.11. The van der Waals surface area contributed by atoms with Gasteiger partial charge in [0.15, 0.2) is 0 Å². The first kappa shape index (κ1) is 12.5. The predicted octanol–water partition coefficient (Wildman–Crippen LogP) is 0.877. The molecule has 0 aromatic rings. The zero-order chi connectivity index (χ0) is 11.3. The Kier molecular flexibility index (Phi) is 5.05. The second-order valence-electron chi connectivity index (χ2n) is 4.50. The van der Waals surface area contributed by atoms with E-state index in [2.05, 4.69) is 23.8 Å². The van der Waals surface area contributed by atoms with Gasteiger partial charge in [-0.05, 0) is 33.4 Å². The van der Waals surface area contributed by atoms with Crippen LogP contribution in [0, 0.1) is 0 Å². The number of hydrogen-bond donors (Lipinski definition) is 1. The highest BCUT2D eigenvalue weighted by Crippen LogP contribution is 2.09. The van der Waals surface area contributed by atoms with E-state index < -0.39 is 5.97 Å². The molecule has 1 aliphatic rings. The Hall–Kier alpha value is -0.610. The van der Waals surface area contributed by atoms with Gasteiger partial charge in [0.1, 0.15) is 0 Å². The maximum atomic E-state index is 10.3. The van der Waals surface area contributed by atoms with Crippen molar-refractivity contribution in [2.45, 2.75) is 32.2 Å². The van der Waals surface area contributed by atoms with E-state index in [0.717, 1.165) is 39.0 Å². The van der Waals surface area contributed by atoms with E-state index in [1.54, 1.807) is 0 Å². The Balaban J connectivity index is 2.13. The summed E-state index contributed by atoms with van der Waals surface area (Å²) < 4.78 is 0. The molecule has 0 spiro atoms. The van der Waals surface area contributed by atoms with Crippen molar-refractivity contribution < 1.29 is 9.90 Å². The largest absolute Gasteiger partial charge is 0.481 e. The summed E-state index contributed by atoms with van der Waals surface area (Å²) in [5.74, 6) is -0.679. The fourth-order valence-corrected chi connectivity index (χ4v) is 2.10. The van der Waals surface area contributed by atoms with Crippen molar-refractivity contribution in [1.82, 2.24) is 9.80 Å². The lowest BCUT2D eigenvalue weighted by molar-refractivity contribution is -0.137. The number of piperazine rings is 1. The number of hydrogen-bond acceptors (Lipinski definition) is 3. The van der Waals surface area contributed by atoms with Gasteiger partial charge in [0.25, 0.3) is 0 Å². The Labute approximate surface area is 91.9 Å². The van der Waals surface area contributed by atoms with E-state index in [9.17, 15) is 4.79 Å². The molecule has 1 fully saturated rings. The minimum absolute atomic E-state index is 0.308. The monoisotopic (exact) mass is 214 g/mol. The van der Waals surface area contributed by atoms with Crippen LogP contribution in [-0.2, 0) is 4.79 Å². The molecule has 0 saturated carbocycles. The lowest BCUT2D eigenvalue weighted by Crippen LogP contribution is -2.50. The summed E-state index contributed by atoms with van der Waals surface area (Å²) in [6.45, 7) is 6.65. The van der Waals surface area contributed by atoms with E-state index in [4.69, 9.17) is 5.11 Å². The molecule has 1 aliphatic heterocycles. The molecule has 1 saturated heterocycles. The van der Waals surface area contributed by atoms with Crippen LogP contribution in [0.2, 0.25) is 0 Å². The van der Waals surface area contributed by atoms with Crippen molar-refractivity contribution in [3.05, 3.63) is 0 Å². The first-order valence-electron chi connectivity index (χ1n) is 5.74. The normalized spacial score (nSPS) is 24.3. The first-order valence-corrected chi connectivity index (χ1v) is 5.74. The van der Waals surface area contributed by atoms with Gasteiger partial charge in [-0.25, -0.2) is 0 Å². The maximum absolute atomic E-state index is 10.3. The van der Waals surface area contributed by atoms with Crippen LogP contribution in [0.3, 0.4) is 0 Å². The van der Waals surface area contributed by atoms with E-state index in [0.29, 0.717) is 12.5 Å². The Morgan fingerprint density at radius 2 is 2.13 bits per heavy atom. The topological polar surface area (TPSA) is 43.8 Å². The van der Waals surface area contributed by atoms with Crippen molar-refractivity contribution in [2.24, 2.45) is 0 Å². The first-order chi connectivity index (χ1) is 7.09. The van der Waals surface area contributed by atoms with E-state index in [1.165, 1.54) is 0 Å². The number of carboxylic acid groups (broad SMARTS) is 1.